The van der Waals surface area contributed by atoms with Crippen LogP contribution in [-0.4, -0.2) is 20.1 Å². The largest absolute Gasteiger partial charge is 0.697 e. The summed E-state index contributed by atoms with van der Waals surface area (Å²) < 4.78 is 42.1. The summed E-state index contributed by atoms with van der Waals surface area (Å²) in [5, 5.41) is 0.0124. The highest BCUT2D eigenvalue weighted by molar-refractivity contribution is 7.87. The summed E-state index contributed by atoms with van der Waals surface area (Å²) in [6.07, 6.45) is 0. The minimum atomic E-state index is -4.11. The molecule has 1 N–H and O–H groups in total. The van der Waals surface area contributed by atoms with Gasteiger partial charge in [0.05, 0.1) is 5.02 Å². The Hall–Kier alpha value is -0.560. The first-order valence-electron chi connectivity index (χ1n) is 4.28. The van der Waals surface area contributed by atoms with Crippen LogP contribution in [0.1, 0.15) is 5.56 Å². The summed E-state index contributed by atoms with van der Waals surface area (Å²) in [5.41, 5.74) is 0.408. The van der Waals surface area contributed by atoms with Gasteiger partial charge in [-0.25, -0.2) is 4.18 Å². The molecular formula is C8H9ClO6PS+. The zero-order valence-electron chi connectivity index (χ0n) is 8.66. The number of hydrogen-bond donors (Lipinski definition) is 1. The molecule has 0 aromatic heterocycles. The molecule has 0 saturated carbocycles. The molecule has 0 bridgehead atoms. The SMILES string of the molecule is Cc1cccc(Cl)c1S(=O)(=O)OCO[P+](=O)O. The predicted octanol–water partition coefficient (Wildman–Crippen LogP) is 1.98. The van der Waals surface area contributed by atoms with Crippen LogP contribution in [0.2, 0.25) is 5.02 Å². The molecular weight excluding hydrogens is 291 g/mol. The number of hydrogen-bond acceptors (Lipinski definition) is 5. The van der Waals surface area contributed by atoms with E-state index >= 15 is 0 Å². The second kappa shape index (κ2) is 5.86. The predicted molar refractivity (Wildman–Crippen MR) is 60.2 cm³/mol. The molecule has 6 nitrogen and oxygen atoms in total. The molecule has 9 heteroatoms. The topological polar surface area (TPSA) is 89.9 Å². The van der Waals surface area contributed by atoms with Crippen LogP contribution in [0.15, 0.2) is 23.1 Å². The quantitative estimate of drug-likeness (QED) is 0.508. The first-order chi connectivity index (χ1) is 7.84. The molecule has 1 aromatic carbocycles. The third kappa shape index (κ3) is 3.99. The number of aryl methyl sites for hydroxylation is 1. The Kier molecular flexibility index (Phi) is 5.00. The molecule has 1 rings (SSSR count). The van der Waals surface area contributed by atoms with Crippen molar-refractivity contribution in [3.8, 4) is 0 Å². The van der Waals surface area contributed by atoms with E-state index in [9.17, 15) is 13.0 Å². The third-order valence-electron chi connectivity index (χ3n) is 1.78. The Labute approximate surface area is 104 Å². The third-order valence-corrected chi connectivity index (χ3v) is 3.98. The molecule has 1 aromatic rings. The summed E-state index contributed by atoms with van der Waals surface area (Å²) in [5.74, 6) is 0. The summed E-state index contributed by atoms with van der Waals surface area (Å²) in [6.45, 7) is 0.703. The van der Waals surface area contributed by atoms with Crippen molar-refractivity contribution in [3.05, 3.63) is 28.8 Å². The molecule has 1 unspecified atom stereocenters. The minimum Gasteiger partial charge on any atom is -0.232 e. The molecule has 0 heterocycles. The van der Waals surface area contributed by atoms with Crippen LogP contribution in [0.5, 0.6) is 0 Å². The highest BCUT2D eigenvalue weighted by Crippen LogP contribution is 2.27. The van der Waals surface area contributed by atoms with E-state index in [1.54, 1.807) is 19.1 Å². The molecule has 0 amide bonds. The fourth-order valence-electron chi connectivity index (χ4n) is 1.12. The summed E-state index contributed by atoms with van der Waals surface area (Å²) >= 11 is 5.75. The average Bonchev–Trinajstić information content (AvgIpc) is 2.15. The molecule has 0 fully saturated rings. The van der Waals surface area contributed by atoms with Gasteiger partial charge in [-0.2, -0.15) is 8.42 Å². The lowest BCUT2D eigenvalue weighted by Gasteiger charge is -2.07. The molecule has 0 aliphatic heterocycles. The summed E-state index contributed by atoms with van der Waals surface area (Å²) in [6, 6.07) is 4.55. The molecule has 17 heavy (non-hydrogen) atoms. The number of halogens is 1. The molecule has 0 radical (unpaired) electrons. The van der Waals surface area contributed by atoms with Gasteiger partial charge in [0.2, 0.25) is 6.79 Å². The average molecular weight is 300 g/mol. The standard InChI is InChI=1S/C8H8ClO6PS/c1-6-3-2-4-7(9)8(6)17(12,13)15-5-14-16(10)11/h2-4H,5H2,1H3/p+1. The van der Waals surface area contributed by atoms with Gasteiger partial charge in [-0.3, -0.25) is 0 Å². The van der Waals surface area contributed by atoms with E-state index in [1.165, 1.54) is 6.07 Å². The van der Waals surface area contributed by atoms with Crippen LogP contribution >= 0.6 is 19.9 Å². The molecule has 0 aliphatic rings. The number of rotatable bonds is 5. The van der Waals surface area contributed by atoms with Gasteiger partial charge < -0.3 is 0 Å². The van der Waals surface area contributed by atoms with E-state index < -0.39 is 25.2 Å². The molecule has 1 atom stereocenters. The van der Waals surface area contributed by atoms with E-state index in [2.05, 4.69) is 8.71 Å². The van der Waals surface area contributed by atoms with E-state index in [0.29, 0.717) is 5.56 Å². The minimum absolute atomic E-state index is 0.0124. The smallest absolute Gasteiger partial charge is 0.232 e. The highest BCUT2D eigenvalue weighted by atomic mass is 35.5. The Balaban J connectivity index is 2.94. The molecule has 94 valence electrons. The van der Waals surface area contributed by atoms with E-state index in [1.807, 2.05) is 0 Å². The number of benzene rings is 1. The van der Waals surface area contributed by atoms with Gasteiger partial charge in [0.1, 0.15) is 4.90 Å². The van der Waals surface area contributed by atoms with Crippen LogP contribution in [-0.2, 0) is 23.4 Å². The van der Waals surface area contributed by atoms with Crippen molar-refractivity contribution in [1.82, 2.24) is 0 Å². The van der Waals surface area contributed by atoms with Crippen molar-refractivity contribution >= 4 is 30.0 Å². The Morgan fingerprint density at radius 3 is 2.65 bits per heavy atom. The van der Waals surface area contributed by atoms with Crippen molar-refractivity contribution in [1.29, 1.82) is 0 Å². The molecule has 0 saturated heterocycles. The maximum absolute atomic E-state index is 11.7. The van der Waals surface area contributed by atoms with Gasteiger partial charge in [0, 0.05) is 4.57 Å². The lowest BCUT2D eigenvalue weighted by atomic mass is 10.2. The van der Waals surface area contributed by atoms with Gasteiger partial charge >= 0.3 is 18.4 Å². The van der Waals surface area contributed by atoms with Gasteiger partial charge in [0.15, 0.2) is 0 Å². The van der Waals surface area contributed by atoms with Crippen molar-refractivity contribution in [2.75, 3.05) is 6.79 Å². The van der Waals surface area contributed by atoms with Gasteiger partial charge in [-0.15, -0.1) is 4.89 Å². The van der Waals surface area contributed by atoms with Crippen LogP contribution in [0.3, 0.4) is 0 Å². The molecule has 0 spiro atoms. The first-order valence-corrected chi connectivity index (χ1v) is 7.20. The second-order valence-electron chi connectivity index (χ2n) is 2.94. The van der Waals surface area contributed by atoms with Crippen molar-refractivity contribution in [2.45, 2.75) is 11.8 Å². The van der Waals surface area contributed by atoms with Crippen LogP contribution in [0.25, 0.3) is 0 Å². The zero-order valence-corrected chi connectivity index (χ0v) is 11.1. The Morgan fingerprint density at radius 2 is 2.12 bits per heavy atom. The summed E-state index contributed by atoms with van der Waals surface area (Å²) in [7, 11) is -7.02. The van der Waals surface area contributed by atoms with Gasteiger partial charge in [-0.05, 0) is 18.6 Å². The van der Waals surface area contributed by atoms with E-state index in [-0.39, 0.29) is 9.92 Å². The lowest BCUT2D eigenvalue weighted by molar-refractivity contribution is 0.121. The molecule has 0 aliphatic carbocycles. The zero-order chi connectivity index (χ0) is 13.1. The lowest BCUT2D eigenvalue weighted by Crippen LogP contribution is -2.10. The normalized spacial score (nSPS) is 12.5. The van der Waals surface area contributed by atoms with Gasteiger partial charge in [-0.1, -0.05) is 28.3 Å². The van der Waals surface area contributed by atoms with Crippen LogP contribution in [0.4, 0.5) is 0 Å². The first kappa shape index (κ1) is 14.5. The summed E-state index contributed by atoms with van der Waals surface area (Å²) in [4.78, 5) is 8.13. The van der Waals surface area contributed by atoms with Crippen molar-refractivity contribution in [2.24, 2.45) is 0 Å². The van der Waals surface area contributed by atoms with Crippen molar-refractivity contribution < 1.29 is 26.6 Å². The van der Waals surface area contributed by atoms with Gasteiger partial charge in [0.25, 0.3) is 0 Å². The fraction of sp³-hybridized carbons (Fsp3) is 0.250. The van der Waals surface area contributed by atoms with Crippen LogP contribution < -0.4 is 0 Å². The van der Waals surface area contributed by atoms with Crippen LogP contribution in [0, 0.1) is 6.92 Å². The Bertz CT molecular complexity index is 509. The van der Waals surface area contributed by atoms with E-state index in [4.69, 9.17) is 16.5 Å². The monoisotopic (exact) mass is 299 g/mol. The maximum Gasteiger partial charge on any atom is 0.697 e. The maximum atomic E-state index is 11.7. The second-order valence-corrected chi connectivity index (χ2v) is 5.64. The fourth-order valence-corrected chi connectivity index (χ4v) is 2.90. The Morgan fingerprint density at radius 1 is 1.47 bits per heavy atom. The highest BCUT2D eigenvalue weighted by Gasteiger charge is 2.23. The van der Waals surface area contributed by atoms with E-state index in [0.717, 1.165) is 0 Å². The van der Waals surface area contributed by atoms with Crippen molar-refractivity contribution in [3.63, 3.8) is 0 Å².